The number of anilines is 1. The molecule has 2 aliphatic rings. The Kier molecular flexibility index (Phi) is 5.05. The molecule has 1 N–H and O–H groups in total. The summed E-state index contributed by atoms with van der Waals surface area (Å²) in [5.74, 6) is 0.0710. The van der Waals surface area contributed by atoms with Gasteiger partial charge in [0.2, 0.25) is 6.79 Å². The maximum Gasteiger partial charge on any atom is 0.300 e. The Morgan fingerprint density at radius 1 is 1.06 bits per heavy atom. The number of Topliss-reactive ketones (excluding diaryl/α,β-unsaturated/α-hetero) is 1. The molecule has 0 spiro atoms. The van der Waals surface area contributed by atoms with E-state index in [4.69, 9.17) is 18.6 Å². The number of furan rings is 1. The first kappa shape index (κ1) is 20.7. The fraction of sp³-hybridized carbons (Fsp3) is 0.200. The van der Waals surface area contributed by atoms with Crippen molar-refractivity contribution in [2.24, 2.45) is 0 Å². The summed E-state index contributed by atoms with van der Waals surface area (Å²) < 4.78 is 21.9. The molecule has 1 atom stereocenters. The van der Waals surface area contributed by atoms with Gasteiger partial charge in [-0.3, -0.25) is 14.5 Å². The number of carbonyl (C=O) groups is 2. The minimum absolute atomic E-state index is 0.00472. The zero-order chi connectivity index (χ0) is 23.1. The number of ketones is 1. The van der Waals surface area contributed by atoms with E-state index in [0.717, 1.165) is 0 Å². The molecule has 2 aromatic carbocycles. The smallest absolute Gasteiger partial charge is 0.300 e. The van der Waals surface area contributed by atoms with E-state index >= 15 is 0 Å². The van der Waals surface area contributed by atoms with Crippen LogP contribution in [0.3, 0.4) is 0 Å². The van der Waals surface area contributed by atoms with Crippen LogP contribution in [0.15, 0.2) is 70.9 Å². The molecule has 5 rings (SSSR count). The molecule has 8 heteroatoms. The largest absolute Gasteiger partial charge is 0.507 e. The Bertz CT molecular complexity index is 1240. The molecule has 1 aromatic heterocycles. The number of hydrogen-bond acceptors (Lipinski definition) is 7. The van der Waals surface area contributed by atoms with Gasteiger partial charge in [-0.05, 0) is 68.4 Å². The number of aliphatic hydroxyl groups is 1. The molecule has 1 fully saturated rings. The van der Waals surface area contributed by atoms with Gasteiger partial charge in [0, 0.05) is 11.3 Å². The number of hydrogen-bond donors (Lipinski definition) is 1. The number of fused-ring (bicyclic) bond motifs is 1. The van der Waals surface area contributed by atoms with Crippen LogP contribution in [0.5, 0.6) is 17.2 Å². The Balaban J connectivity index is 1.61. The van der Waals surface area contributed by atoms with Gasteiger partial charge in [0.05, 0.1) is 17.9 Å². The molecule has 0 saturated carbocycles. The summed E-state index contributed by atoms with van der Waals surface area (Å²) in [6, 6.07) is 14.0. The fourth-order valence-corrected chi connectivity index (χ4v) is 3.97. The van der Waals surface area contributed by atoms with Gasteiger partial charge in [-0.15, -0.1) is 0 Å². The van der Waals surface area contributed by atoms with E-state index in [1.807, 2.05) is 13.8 Å². The predicted octanol–water partition coefficient (Wildman–Crippen LogP) is 4.42. The molecule has 0 radical (unpaired) electrons. The second kappa shape index (κ2) is 8.05. The topological polar surface area (TPSA) is 98.4 Å². The third-order valence-corrected chi connectivity index (χ3v) is 5.39. The third-order valence-electron chi connectivity index (χ3n) is 5.39. The number of ether oxygens (including phenoxy) is 3. The van der Waals surface area contributed by atoms with Gasteiger partial charge < -0.3 is 23.7 Å². The van der Waals surface area contributed by atoms with Crippen molar-refractivity contribution in [3.8, 4) is 17.2 Å². The highest BCUT2D eigenvalue weighted by atomic mass is 16.7. The van der Waals surface area contributed by atoms with Gasteiger partial charge in [0.25, 0.3) is 11.7 Å². The van der Waals surface area contributed by atoms with Crippen molar-refractivity contribution in [2.45, 2.75) is 26.0 Å². The van der Waals surface area contributed by atoms with Crippen molar-refractivity contribution in [3.05, 3.63) is 77.8 Å². The molecule has 8 nitrogen and oxygen atoms in total. The number of benzene rings is 2. The number of carbonyl (C=O) groups excluding carboxylic acids is 2. The van der Waals surface area contributed by atoms with Crippen molar-refractivity contribution < 1.29 is 33.3 Å². The minimum Gasteiger partial charge on any atom is -0.507 e. The van der Waals surface area contributed by atoms with Crippen LogP contribution in [0.4, 0.5) is 5.69 Å². The summed E-state index contributed by atoms with van der Waals surface area (Å²) in [5, 5.41) is 11.1. The van der Waals surface area contributed by atoms with Crippen molar-refractivity contribution in [1.29, 1.82) is 0 Å². The van der Waals surface area contributed by atoms with Crippen LogP contribution in [-0.4, -0.2) is 29.7 Å². The summed E-state index contributed by atoms with van der Waals surface area (Å²) in [4.78, 5) is 27.6. The lowest BCUT2D eigenvalue weighted by molar-refractivity contribution is -0.132. The molecular formula is C25H21NO7. The van der Waals surface area contributed by atoms with Gasteiger partial charge in [-0.2, -0.15) is 0 Å². The van der Waals surface area contributed by atoms with E-state index in [0.29, 0.717) is 34.3 Å². The van der Waals surface area contributed by atoms with Crippen molar-refractivity contribution in [1.82, 2.24) is 0 Å². The predicted molar refractivity (Wildman–Crippen MR) is 118 cm³/mol. The number of aliphatic hydroxyl groups excluding tert-OH is 1. The maximum atomic E-state index is 13.1. The molecule has 33 heavy (non-hydrogen) atoms. The maximum absolute atomic E-state index is 13.1. The lowest BCUT2D eigenvalue weighted by Crippen LogP contribution is -2.29. The van der Waals surface area contributed by atoms with E-state index in [1.165, 1.54) is 11.2 Å². The first-order valence-electron chi connectivity index (χ1n) is 10.4. The molecule has 0 bridgehead atoms. The zero-order valence-electron chi connectivity index (χ0n) is 18.0. The van der Waals surface area contributed by atoms with Crippen LogP contribution < -0.4 is 19.1 Å². The number of amides is 1. The highest BCUT2D eigenvalue weighted by molar-refractivity contribution is 6.51. The first-order valence-corrected chi connectivity index (χ1v) is 10.4. The Morgan fingerprint density at radius 2 is 1.82 bits per heavy atom. The van der Waals surface area contributed by atoms with Gasteiger partial charge in [-0.25, -0.2) is 0 Å². The van der Waals surface area contributed by atoms with Crippen molar-refractivity contribution in [3.63, 3.8) is 0 Å². The van der Waals surface area contributed by atoms with E-state index in [-0.39, 0.29) is 24.2 Å². The van der Waals surface area contributed by atoms with Crippen LogP contribution in [-0.2, 0) is 9.59 Å². The zero-order valence-corrected chi connectivity index (χ0v) is 18.0. The molecule has 2 aliphatic heterocycles. The second-order valence-corrected chi connectivity index (χ2v) is 7.91. The standard InChI is InChI=1S/C25H21NO7/c1-14(2)33-17-8-6-16(7-9-17)26-22(19-4-3-11-30-19)21(24(28)25(26)29)23(27)15-5-10-18-20(12-15)32-13-31-18/h3-12,14,22,27H,13H2,1-2H3/b23-21-. The fourth-order valence-electron chi connectivity index (χ4n) is 3.97. The summed E-state index contributed by atoms with van der Waals surface area (Å²) in [7, 11) is 0. The molecule has 3 aromatic rings. The summed E-state index contributed by atoms with van der Waals surface area (Å²) in [6.45, 7) is 3.91. The SMILES string of the molecule is CC(C)Oc1ccc(N2C(=O)C(=O)/C(=C(\O)c3ccc4c(c3)OCO4)C2c2ccco2)cc1. The molecule has 3 heterocycles. The van der Waals surface area contributed by atoms with E-state index < -0.39 is 17.7 Å². The molecule has 1 saturated heterocycles. The highest BCUT2D eigenvalue weighted by Gasteiger charge is 2.48. The summed E-state index contributed by atoms with van der Waals surface area (Å²) in [5.41, 5.74) is 0.727. The van der Waals surface area contributed by atoms with Crippen LogP contribution >= 0.6 is 0 Å². The van der Waals surface area contributed by atoms with Gasteiger partial charge >= 0.3 is 0 Å². The van der Waals surface area contributed by atoms with E-state index in [1.54, 1.807) is 54.6 Å². The number of nitrogens with zero attached hydrogens (tertiary/aromatic N) is 1. The average molecular weight is 447 g/mol. The second-order valence-electron chi connectivity index (χ2n) is 7.91. The summed E-state index contributed by atoms with van der Waals surface area (Å²) in [6.07, 6.45) is 1.45. The van der Waals surface area contributed by atoms with Crippen LogP contribution in [0.1, 0.15) is 31.2 Å². The third kappa shape index (κ3) is 3.59. The van der Waals surface area contributed by atoms with E-state index in [9.17, 15) is 14.7 Å². The molecule has 1 amide bonds. The lowest BCUT2D eigenvalue weighted by atomic mass is 9.99. The quantitative estimate of drug-likeness (QED) is 0.351. The van der Waals surface area contributed by atoms with Gasteiger partial charge in [0.1, 0.15) is 23.3 Å². The van der Waals surface area contributed by atoms with Crippen molar-refractivity contribution >= 4 is 23.1 Å². The van der Waals surface area contributed by atoms with Gasteiger partial charge in [0.15, 0.2) is 11.5 Å². The van der Waals surface area contributed by atoms with Crippen LogP contribution in [0.2, 0.25) is 0 Å². The van der Waals surface area contributed by atoms with Crippen molar-refractivity contribution in [2.75, 3.05) is 11.7 Å². The Labute approximate surface area is 189 Å². The van der Waals surface area contributed by atoms with Gasteiger partial charge in [-0.1, -0.05) is 0 Å². The Morgan fingerprint density at radius 3 is 2.52 bits per heavy atom. The highest BCUT2D eigenvalue weighted by Crippen LogP contribution is 2.43. The minimum atomic E-state index is -0.942. The number of rotatable bonds is 5. The summed E-state index contributed by atoms with van der Waals surface area (Å²) >= 11 is 0. The molecule has 1 unspecified atom stereocenters. The molecule has 168 valence electrons. The molecular weight excluding hydrogens is 426 g/mol. The van der Waals surface area contributed by atoms with Crippen LogP contribution in [0.25, 0.3) is 5.76 Å². The van der Waals surface area contributed by atoms with E-state index in [2.05, 4.69) is 0 Å². The normalized spacial score (nSPS) is 18.9. The lowest BCUT2D eigenvalue weighted by Gasteiger charge is -2.23. The Hall–Kier alpha value is -4.20. The average Bonchev–Trinajstić information content (AvgIpc) is 3.54. The monoisotopic (exact) mass is 447 g/mol. The van der Waals surface area contributed by atoms with Crippen LogP contribution in [0, 0.1) is 0 Å². The first-order chi connectivity index (χ1) is 15.9. The molecule has 0 aliphatic carbocycles.